The maximum atomic E-state index is 5.45. The van der Waals surface area contributed by atoms with Crippen LogP contribution in [0.4, 0.5) is 0 Å². The van der Waals surface area contributed by atoms with Crippen LogP contribution in [0.3, 0.4) is 0 Å². The molecule has 1 unspecified atom stereocenters. The quantitative estimate of drug-likeness (QED) is 0.313. The third kappa shape index (κ3) is 2.26. The molecule has 4 N–H and O–H groups in total. The van der Waals surface area contributed by atoms with Crippen molar-refractivity contribution in [3.05, 3.63) is 35.4 Å². The van der Waals surface area contributed by atoms with E-state index in [1.54, 1.807) is 0 Å². The minimum Gasteiger partial charge on any atom is -0.353 e. The summed E-state index contributed by atoms with van der Waals surface area (Å²) < 4.78 is 0. The van der Waals surface area contributed by atoms with Gasteiger partial charge in [-0.25, -0.2) is 5.84 Å². The fourth-order valence-electron chi connectivity index (χ4n) is 2.28. The zero-order chi connectivity index (χ0) is 11.7. The molecule has 17 heavy (non-hydrogen) atoms. The molecule has 0 saturated heterocycles. The fraction of sp³-hybridized carbons (Fsp3) is 0.462. The smallest absolute Gasteiger partial charge is 0.205 e. The summed E-state index contributed by atoms with van der Waals surface area (Å²) in [6.45, 7) is 0.816. The van der Waals surface area contributed by atoms with Crippen LogP contribution in [0.5, 0.6) is 0 Å². The number of guanidine groups is 1. The zero-order valence-electron chi connectivity index (χ0n) is 9.82. The van der Waals surface area contributed by atoms with Gasteiger partial charge in [-0.05, 0) is 30.4 Å². The van der Waals surface area contributed by atoms with Crippen LogP contribution in [-0.2, 0) is 6.42 Å². The monoisotopic (exact) mass is 230 g/mol. The molecule has 1 aromatic carbocycles. The van der Waals surface area contributed by atoms with Crippen molar-refractivity contribution in [1.82, 2.24) is 10.7 Å². The van der Waals surface area contributed by atoms with E-state index in [0.717, 1.165) is 18.9 Å². The van der Waals surface area contributed by atoms with E-state index in [9.17, 15) is 0 Å². The average Bonchev–Trinajstić information content (AvgIpc) is 3.12. The molecule has 1 aromatic rings. The van der Waals surface area contributed by atoms with Crippen LogP contribution in [0.15, 0.2) is 29.3 Å². The largest absolute Gasteiger partial charge is 0.353 e. The lowest BCUT2D eigenvalue weighted by molar-refractivity contribution is 0.614. The van der Waals surface area contributed by atoms with Gasteiger partial charge in [0.25, 0.3) is 0 Å². The van der Waals surface area contributed by atoms with Gasteiger partial charge in [0.15, 0.2) is 0 Å². The standard InChI is InChI=1S/C13H18N4/c14-17-13(16-11-5-6-11)15-8-10-7-9-3-1-2-4-12(9)10/h1-4,10-11H,5-8,14H2,(H2,15,16,17). The molecule has 4 heteroatoms. The number of aliphatic imine (C=N–C) groups is 1. The molecule has 0 amide bonds. The molecule has 1 atom stereocenters. The van der Waals surface area contributed by atoms with E-state index in [1.165, 1.54) is 24.0 Å². The molecule has 1 fully saturated rings. The van der Waals surface area contributed by atoms with E-state index in [0.29, 0.717) is 12.0 Å². The van der Waals surface area contributed by atoms with Crippen LogP contribution in [0.25, 0.3) is 0 Å². The second kappa shape index (κ2) is 4.37. The van der Waals surface area contributed by atoms with E-state index >= 15 is 0 Å². The van der Waals surface area contributed by atoms with Crippen LogP contribution in [-0.4, -0.2) is 18.5 Å². The normalized spacial score (nSPS) is 22.6. The van der Waals surface area contributed by atoms with Gasteiger partial charge in [0.2, 0.25) is 5.96 Å². The van der Waals surface area contributed by atoms with Crippen molar-refractivity contribution >= 4 is 5.96 Å². The minimum atomic E-state index is 0.565. The van der Waals surface area contributed by atoms with Crippen LogP contribution in [0.1, 0.15) is 29.9 Å². The highest BCUT2D eigenvalue weighted by Gasteiger charge is 2.26. The molecule has 0 heterocycles. The van der Waals surface area contributed by atoms with Crippen molar-refractivity contribution in [2.24, 2.45) is 10.8 Å². The van der Waals surface area contributed by atoms with Crippen molar-refractivity contribution in [2.45, 2.75) is 31.2 Å². The Balaban J connectivity index is 1.59. The topological polar surface area (TPSA) is 62.4 Å². The Labute approximate surface area is 101 Å². The third-order valence-corrected chi connectivity index (χ3v) is 3.49. The van der Waals surface area contributed by atoms with Crippen LogP contribution in [0, 0.1) is 0 Å². The highest BCUT2D eigenvalue weighted by Crippen LogP contribution is 2.34. The molecule has 0 aromatic heterocycles. The maximum Gasteiger partial charge on any atom is 0.205 e. The second-order valence-corrected chi connectivity index (χ2v) is 4.85. The Morgan fingerprint density at radius 3 is 2.88 bits per heavy atom. The third-order valence-electron chi connectivity index (χ3n) is 3.49. The number of rotatable bonds is 3. The summed E-state index contributed by atoms with van der Waals surface area (Å²) in [7, 11) is 0. The lowest BCUT2D eigenvalue weighted by atomic mass is 9.78. The number of benzene rings is 1. The Morgan fingerprint density at radius 1 is 1.35 bits per heavy atom. The first kappa shape index (κ1) is 10.6. The van der Waals surface area contributed by atoms with Gasteiger partial charge in [0.1, 0.15) is 0 Å². The van der Waals surface area contributed by atoms with Crippen molar-refractivity contribution in [2.75, 3.05) is 6.54 Å². The van der Waals surface area contributed by atoms with Crippen LogP contribution >= 0.6 is 0 Å². The molecule has 0 aliphatic heterocycles. The van der Waals surface area contributed by atoms with Crippen molar-refractivity contribution in [3.63, 3.8) is 0 Å². The lowest BCUT2D eigenvalue weighted by Gasteiger charge is -2.28. The number of hydrogen-bond acceptors (Lipinski definition) is 2. The van der Waals surface area contributed by atoms with Crippen molar-refractivity contribution in [1.29, 1.82) is 0 Å². The van der Waals surface area contributed by atoms with Gasteiger partial charge in [0, 0.05) is 18.5 Å². The minimum absolute atomic E-state index is 0.565. The molecule has 1 saturated carbocycles. The Bertz CT molecular complexity index is 437. The molecule has 90 valence electrons. The predicted molar refractivity (Wildman–Crippen MR) is 68.7 cm³/mol. The van der Waals surface area contributed by atoms with Gasteiger partial charge in [-0.1, -0.05) is 24.3 Å². The van der Waals surface area contributed by atoms with E-state index in [4.69, 9.17) is 5.84 Å². The SMILES string of the molecule is NNC(=NCC1Cc2ccccc21)NC1CC1. The number of nitrogens with two attached hydrogens (primary N) is 1. The van der Waals surface area contributed by atoms with Gasteiger partial charge in [0.05, 0.1) is 0 Å². The Kier molecular flexibility index (Phi) is 2.73. The summed E-state index contributed by atoms with van der Waals surface area (Å²) in [5.74, 6) is 6.74. The molecule has 2 aliphatic carbocycles. The van der Waals surface area contributed by atoms with E-state index in [1.807, 2.05) is 0 Å². The predicted octanol–water partition coefficient (Wildman–Crippen LogP) is 0.898. The molecule has 0 bridgehead atoms. The molecule has 0 radical (unpaired) electrons. The van der Waals surface area contributed by atoms with Gasteiger partial charge < -0.3 is 5.32 Å². The molecular formula is C13H18N4. The summed E-state index contributed by atoms with van der Waals surface area (Å²) in [6, 6.07) is 9.17. The van der Waals surface area contributed by atoms with E-state index in [-0.39, 0.29) is 0 Å². The highest BCUT2D eigenvalue weighted by atomic mass is 15.3. The number of hydrazine groups is 1. The second-order valence-electron chi connectivity index (χ2n) is 4.85. The molecule has 4 nitrogen and oxygen atoms in total. The molecule has 2 aliphatic rings. The van der Waals surface area contributed by atoms with Crippen molar-refractivity contribution in [3.8, 4) is 0 Å². The Morgan fingerprint density at radius 2 is 2.18 bits per heavy atom. The first-order chi connectivity index (χ1) is 8.36. The lowest BCUT2D eigenvalue weighted by Crippen LogP contribution is -2.43. The van der Waals surface area contributed by atoms with Gasteiger partial charge in [-0.2, -0.15) is 0 Å². The number of hydrogen-bond donors (Lipinski definition) is 3. The molecular weight excluding hydrogens is 212 g/mol. The first-order valence-electron chi connectivity index (χ1n) is 6.22. The number of nitrogens with one attached hydrogen (secondary N) is 2. The fourth-order valence-corrected chi connectivity index (χ4v) is 2.28. The number of nitrogens with zero attached hydrogens (tertiary/aromatic N) is 1. The van der Waals surface area contributed by atoms with Gasteiger partial charge >= 0.3 is 0 Å². The van der Waals surface area contributed by atoms with Gasteiger partial charge in [-0.3, -0.25) is 10.4 Å². The average molecular weight is 230 g/mol. The van der Waals surface area contributed by atoms with E-state index in [2.05, 4.69) is 40.0 Å². The summed E-state index contributed by atoms with van der Waals surface area (Å²) in [6.07, 6.45) is 3.60. The number of fused-ring (bicyclic) bond motifs is 1. The Hall–Kier alpha value is -1.55. The van der Waals surface area contributed by atoms with Crippen molar-refractivity contribution < 1.29 is 0 Å². The summed E-state index contributed by atoms with van der Waals surface area (Å²) in [4.78, 5) is 4.51. The molecule has 0 spiro atoms. The summed E-state index contributed by atoms with van der Waals surface area (Å²) >= 11 is 0. The van der Waals surface area contributed by atoms with E-state index < -0.39 is 0 Å². The zero-order valence-corrected chi connectivity index (χ0v) is 9.82. The summed E-state index contributed by atoms with van der Waals surface area (Å²) in [5.41, 5.74) is 5.55. The van der Waals surface area contributed by atoms with Gasteiger partial charge in [-0.15, -0.1) is 0 Å². The first-order valence-corrected chi connectivity index (χ1v) is 6.22. The summed E-state index contributed by atoms with van der Waals surface area (Å²) in [5, 5.41) is 3.28. The van der Waals surface area contributed by atoms with Crippen LogP contribution < -0.4 is 16.6 Å². The maximum absolute atomic E-state index is 5.45. The highest BCUT2D eigenvalue weighted by molar-refractivity contribution is 5.79. The van der Waals surface area contributed by atoms with Crippen LogP contribution in [0.2, 0.25) is 0 Å². The molecule has 3 rings (SSSR count).